The molecule has 3 rings (SSSR count). The number of carbonyl (C=O) groups is 1. The number of methoxy groups -OCH3 is 1. The SMILES string of the molecule is COc1ccc(Cn2cccc(C(=O)N/N=C\c3ccccc3O)c2=O)cc1. The number of rotatable bonds is 6. The van der Waals surface area contributed by atoms with E-state index in [1.54, 1.807) is 37.6 Å². The molecule has 0 aliphatic heterocycles. The van der Waals surface area contributed by atoms with Gasteiger partial charge in [-0.1, -0.05) is 24.3 Å². The summed E-state index contributed by atoms with van der Waals surface area (Å²) in [5, 5.41) is 13.5. The molecule has 0 aliphatic carbocycles. The smallest absolute Gasteiger partial charge is 0.276 e. The summed E-state index contributed by atoms with van der Waals surface area (Å²) in [6.07, 6.45) is 2.93. The van der Waals surface area contributed by atoms with Gasteiger partial charge in [0, 0.05) is 11.8 Å². The highest BCUT2D eigenvalue weighted by Gasteiger charge is 2.11. The average molecular weight is 377 g/mol. The number of nitrogens with zero attached hydrogens (tertiary/aromatic N) is 2. The topological polar surface area (TPSA) is 92.9 Å². The molecule has 1 aromatic heterocycles. The number of hydrogen-bond donors (Lipinski definition) is 2. The summed E-state index contributed by atoms with van der Waals surface area (Å²) in [6.45, 7) is 0.325. The molecule has 142 valence electrons. The fourth-order valence-corrected chi connectivity index (χ4v) is 2.58. The van der Waals surface area contributed by atoms with Crippen LogP contribution in [0.5, 0.6) is 11.5 Å². The fourth-order valence-electron chi connectivity index (χ4n) is 2.58. The van der Waals surface area contributed by atoms with Crippen LogP contribution in [-0.2, 0) is 6.54 Å². The van der Waals surface area contributed by atoms with Crippen LogP contribution < -0.4 is 15.7 Å². The minimum absolute atomic E-state index is 0.0227. The van der Waals surface area contributed by atoms with Crippen LogP contribution in [-0.4, -0.2) is 28.9 Å². The van der Waals surface area contributed by atoms with E-state index in [-0.39, 0.29) is 11.3 Å². The molecule has 2 aromatic carbocycles. The number of phenolic OH excluding ortho intramolecular Hbond substituents is 1. The number of aromatic nitrogens is 1. The maximum Gasteiger partial charge on any atom is 0.276 e. The first kappa shape index (κ1) is 18.9. The zero-order valence-corrected chi connectivity index (χ0v) is 15.2. The number of carbonyl (C=O) groups excluding carboxylic acids is 1. The van der Waals surface area contributed by atoms with E-state index in [0.717, 1.165) is 11.3 Å². The highest BCUT2D eigenvalue weighted by molar-refractivity contribution is 5.94. The second-order valence-corrected chi connectivity index (χ2v) is 5.96. The molecule has 0 saturated carbocycles. The summed E-state index contributed by atoms with van der Waals surface area (Å²) in [5.41, 5.74) is 3.22. The minimum atomic E-state index is -0.624. The Labute approximate surface area is 161 Å². The number of benzene rings is 2. The monoisotopic (exact) mass is 377 g/mol. The van der Waals surface area contributed by atoms with Crippen molar-refractivity contribution in [3.05, 3.63) is 93.9 Å². The van der Waals surface area contributed by atoms with Gasteiger partial charge in [0.2, 0.25) is 0 Å². The molecule has 3 aromatic rings. The lowest BCUT2D eigenvalue weighted by Gasteiger charge is -2.08. The molecule has 0 unspecified atom stereocenters. The van der Waals surface area contributed by atoms with Crippen LogP contribution in [0.1, 0.15) is 21.5 Å². The molecule has 0 fully saturated rings. The van der Waals surface area contributed by atoms with E-state index in [9.17, 15) is 14.7 Å². The first-order valence-corrected chi connectivity index (χ1v) is 8.52. The van der Waals surface area contributed by atoms with Crippen LogP contribution >= 0.6 is 0 Å². The standard InChI is InChI=1S/C21H19N3O4/c1-28-17-10-8-15(9-11-17)14-24-12-4-6-18(21(24)27)20(26)23-22-13-16-5-2-3-7-19(16)25/h2-13,25H,14H2,1H3,(H,23,26)/b22-13-. The largest absolute Gasteiger partial charge is 0.507 e. The zero-order valence-electron chi connectivity index (χ0n) is 15.2. The number of hydrogen-bond acceptors (Lipinski definition) is 5. The van der Waals surface area contributed by atoms with Crippen molar-refractivity contribution in [2.24, 2.45) is 5.10 Å². The molecule has 1 heterocycles. The summed E-state index contributed by atoms with van der Waals surface area (Å²) in [6, 6.07) is 17.0. The van der Waals surface area contributed by atoms with E-state index >= 15 is 0 Å². The number of pyridine rings is 1. The maximum absolute atomic E-state index is 12.6. The van der Waals surface area contributed by atoms with Crippen molar-refractivity contribution in [1.82, 2.24) is 9.99 Å². The molecule has 0 atom stereocenters. The van der Waals surface area contributed by atoms with Crippen LogP contribution in [0.4, 0.5) is 0 Å². The molecular weight excluding hydrogens is 358 g/mol. The molecule has 0 bridgehead atoms. The molecular formula is C21H19N3O4. The summed E-state index contributed by atoms with van der Waals surface area (Å²) < 4.78 is 6.57. The lowest BCUT2D eigenvalue weighted by molar-refractivity contribution is 0.0953. The van der Waals surface area contributed by atoms with Crippen molar-refractivity contribution < 1.29 is 14.6 Å². The minimum Gasteiger partial charge on any atom is -0.507 e. The molecule has 0 radical (unpaired) electrons. The number of hydrazone groups is 1. The van der Waals surface area contributed by atoms with Crippen molar-refractivity contribution >= 4 is 12.1 Å². The second-order valence-electron chi connectivity index (χ2n) is 5.96. The molecule has 0 spiro atoms. The van der Waals surface area contributed by atoms with E-state index in [4.69, 9.17) is 4.74 Å². The number of aromatic hydroxyl groups is 1. The van der Waals surface area contributed by atoms with Crippen molar-refractivity contribution in [2.45, 2.75) is 6.54 Å². The highest BCUT2D eigenvalue weighted by atomic mass is 16.5. The predicted octanol–water partition coefficient (Wildman–Crippen LogP) is 2.37. The summed E-state index contributed by atoms with van der Waals surface area (Å²) >= 11 is 0. The first-order valence-electron chi connectivity index (χ1n) is 8.52. The van der Waals surface area contributed by atoms with Gasteiger partial charge in [-0.05, 0) is 42.0 Å². The quantitative estimate of drug-likeness (QED) is 0.509. The molecule has 0 aliphatic rings. The number of para-hydroxylation sites is 1. The van der Waals surface area contributed by atoms with E-state index in [1.165, 1.54) is 22.9 Å². The third-order valence-electron chi connectivity index (χ3n) is 4.08. The highest BCUT2D eigenvalue weighted by Crippen LogP contribution is 2.13. The number of ether oxygens (including phenoxy) is 1. The number of nitrogens with one attached hydrogen (secondary N) is 1. The Kier molecular flexibility index (Phi) is 5.86. The number of phenols is 1. The third kappa shape index (κ3) is 4.45. The Morgan fingerprint density at radius 1 is 1.14 bits per heavy atom. The second kappa shape index (κ2) is 8.68. The number of amides is 1. The van der Waals surface area contributed by atoms with E-state index in [2.05, 4.69) is 10.5 Å². The van der Waals surface area contributed by atoms with Crippen molar-refractivity contribution in [2.75, 3.05) is 7.11 Å². The lowest BCUT2D eigenvalue weighted by atomic mass is 10.2. The Morgan fingerprint density at radius 2 is 1.89 bits per heavy atom. The predicted molar refractivity (Wildman–Crippen MR) is 106 cm³/mol. The average Bonchev–Trinajstić information content (AvgIpc) is 2.71. The van der Waals surface area contributed by atoms with Gasteiger partial charge < -0.3 is 14.4 Å². The van der Waals surface area contributed by atoms with Gasteiger partial charge in [0.15, 0.2) is 0 Å². The molecule has 28 heavy (non-hydrogen) atoms. The van der Waals surface area contributed by atoms with Crippen molar-refractivity contribution in [3.63, 3.8) is 0 Å². The Balaban J connectivity index is 1.73. The summed E-state index contributed by atoms with van der Waals surface area (Å²) in [7, 11) is 1.59. The molecule has 0 saturated heterocycles. The van der Waals surface area contributed by atoms with Gasteiger partial charge in [-0.3, -0.25) is 9.59 Å². The zero-order chi connectivity index (χ0) is 19.9. The first-order chi connectivity index (χ1) is 13.6. The van der Waals surface area contributed by atoms with Gasteiger partial charge in [-0.2, -0.15) is 5.10 Å². The van der Waals surface area contributed by atoms with E-state index in [0.29, 0.717) is 12.1 Å². The van der Waals surface area contributed by atoms with Crippen LogP contribution in [0.15, 0.2) is 76.8 Å². The van der Waals surface area contributed by atoms with Crippen LogP contribution in [0, 0.1) is 0 Å². The Hall–Kier alpha value is -3.87. The Bertz CT molecular complexity index is 1060. The summed E-state index contributed by atoms with van der Waals surface area (Å²) in [4.78, 5) is 24.9. The van der Waals surface area contributed by atoms with Crippen molar-refractivity contribution in [3.8, 4) is 11.5 Å². The van der Waals surface area contributed by atoms with Gasteiger partial charge in [0.1, 0.15) is 17.1 Å². The van der Waals surface area contributed by atoms with Crippen molar-refractivity contribution in [1.29, 1.82) is 0 Å². The van der Waals surface area contributed by atoms with Gasteiger partial charge in [-0.15, -0.1) is 0 Å². The fraction of sp³-hybridized carbons (Fsp3) is 0.0952. The van der Waals surface area contributed by atoms with E-state index < -0.39 is 11.5 Å². The molecule has 2 N–H and O–H groups in total. The summed E-state index contributed by atoms with van der Waals surface area (Å²) in [5.74, 6) is 0.148. The van der Waals surface area contributed by atoms with E-state index in [1.807, 2.05) is 24.3 Å². The van der Waals surface area contributed by atoms with Crippen LogP contribution in [0.25, 0.3) is 0 Å². The van der Waals surface area contributed by atoms with Gasteiger partial charge >= 0.3 is 0 Å². The van der Waals surface area contributed by atoms with Crippen LogP contribution in [0.3, 0.4) is 0 Å². The molecule has 7 heteroatoms. The van der Waals surface area contributed by atoms with Gasteiger partial charge in [0.05, 0.1) is 19.9 Å². The molecule has 1 amide bonds. The van der Waals surface area contributed by atoms with Gasteiger partial charge in [0.25, 0.3) is 11.5 Å². The van der Waals surface area contributed by atoms with Crippen LogP contribution in [0.2, 0.25) is 0 Å². The van der Waals surface area contributed by atoms with Gasteiger partial charge in [-0.25, -0.2) is 5.43 Å². The Morgan fingerprint density at radius 3 is 2.61 bits per heavy atom. The normalized spacial score (nSPS) is 10.8. The molecule has 7 nitrogen and oxygen atoms in total. The lowest BCUT2D eigenvalue weighted by Crippen LogP contribution is -2.30. The maximum atomic E-state index is 12.6. The third-order valence-corrected chi connectivity index (χ3v) is 4.08.